The minimum Gasteiger partial charge on any atom is -0.396 e. The van der Waals surface area contributed by atoms with Gasteiger partial charge < -0.3 is 5.73 Å². The molecular formula is C9H8FN5. The summed E-state index contributed by atoms with van der Waals surface area (Å²) in [5.41, 5.74) is 14.0. The largest absolute Gasteiger partial charge is 0.396 e. The number of nitrogens with two attached hydrogens (primary N) is 1. The third-order valence-corrected chi connectivity index (χ3v) is 1.50. The minimum absolute atomic E-state index is 0.205. The van der Waals surface area contributed by atoms with Gasteiger partial charge in [0.15, 0.2) is 0 Å². The molecule has 0 aromatic carbocycles. The van der Waals surface area contributed by atoms with Crippen molar-refractivity contribution in [3.05, 3.63) is 34.2 Å². The van der Waals surface area contributed by atoms with Crippen molar-refractivity contribution in [1.82, 2.24) is 4.98 Å². The first-order valence-electron chi connectivity index (χ1n) is 4.16. The Bertz CT molecular complexity index is 453. The Morgan fingerprint density at radius 3 is 3.13 bits per heavy atom. The summed E-state index contributed by atoms with van der Waals surface area (Å²) in [5, 5.41) is 3.30. The molecule has 1 aromatic heterocycles. The molecule has 15 heavy (non-hydrogen) atoms. The Morgan fingerprint density at radius 2 is 2.40 bits per heavy atom. The molecule has 0 amide bonds. The van der Waals surface area contributed by atoms with Gasteiger partial charge >= 0.3 is 0 Å². The molecular weight excluding hydrogens is 197 g/mol. The van der Waals surface area contributed by atoms with Crippen molar-refractivity contribution in [2.45, 2.75) is 6.42 Å². The zero-order valence-corrected chi connectivity index (χ0v) is 7.81. The molecule has 5 nitrogen and oxygen atoms in total. The molecule has 1 heterocycles. The SMILES string of the molecule is [N-]=[N+]=NCCC#Cc1nc(F)ccc1N. The van der Waals surface area contributed by atoms with Gasteiger partial charge in [0.2, 0.25) is 5.95 Å². The molecule has 0 unspecified atom stereocenters. The van der Waals surface area contributed by atoms with Crippen molar-refractivity contribution >= 4 is 5.69 Å². The number of halogens is 1. The van der Waals surface area contributed by atoms with Gasteiger partial charge in [-0.05, 0) is 23.6 Å². The molecule has 0 saturated heterocycles. The van der Waals surface area contributed by atoms with Crippen molar-refractivity contribution in [3.63, 3.8) is 0 Å². The second-order valence-electron chi connectivity index (χ2n) is 2.58. The summed E-state index contributed by atoms with van der Waals surface area (Å²) in [6.45, 7) is 0.277. The smallest absolute Gasteiger partial charge is 0.214 e. The quantitative estimate of drug-likeness (QED) is 0.199. The Balaban J connectivity index is 2.70. The summed E-state index contributed by atoms with van der Waals surface area (Å²) in [6.07, 6.45) is 0.391. The van der Waals surface area contributed by atoms with E-state index in [0.29, 0.717) is 12.1 Å². The lowest BCUT2D eigenvalue weighted by Gasteiger charge is -1.95. The predicted octanol–water partition coefficient (Wildman–Crippen LogP) is 1.85. The molecule has 0 atom stereocenters. The summed E-state index contributed by atoms with van der Waals surface area (Å²) in [4.78, 5) is 6.09. The zero-order valence-electron chi connectivity index (χ0n) is 7.81. The number of hydrogen-bond acceptors (Lipinski definition) is 3. The lowest BCUT2D eigenvalue weighted by atomic mass is 10.3. The van der Waals surface area contributed by atoms with E-state index >= 15 is 0 Å². The van der Waals surface area contributed by atoms with E-state index in [0.717, 1.165) is 0 Å². The topological polar surface area (TPSA) is 87.7 Å². The van der Waals surface area contributed by atoms with Crippen LogP contribution in [0.4, 0.5) is 10.1 Å². The fraction of sp³-hybridized carbons (Fsp3) is 0.222. The van der Waals surface area contributed by atoms with Crippen LogP contribution in [-0.4, -0.2) is 11.5 Å². The van der Waals surface area contributed by atoms with Crippen LogP contribution in [0.15, 0.2) is 17.2 Å². The first-order valence-corrected chi connectivity index (χ1v) is 4.16. The van der Waals surface area contributed by atoms with Gasteiger partial charge in [0.1, 0.15) is 5.69 Å². The maximum atomic E-state index is 12.7. The Hall–Kier alpha value is -2.25. The van der Waals surface area contributed by atoms with Crippen LogP contribution in [0.3, 0.4) is 0 Å². The van der Waals surface area contributed by atoms with Crippen LogP contribution in [-0.2, 0) is 0 Å². The van der Waals surface area contributed by atoms with Crippen LogP contribution < -0.4 is 5.73 Å². The molecule has 0 aliphatic heterocycles. The Morgan fingerprint density at radius 1 is 1.60 bits per heavy atom. The number of nitrogens with zero attached hydrogens (tertiary/aromatic N) is 4. The lowest BCUT2D eigenvalue weighted by Crippen LogP contribution is -1.95. The molecule has 0 bridgehead atoms. The van der Waals surface area contributed by atoms with Crippen LogP contribution in [0.5, 0.6) is 0 Å². The average Bonchev–Trinajstić information content (AvgIpc) is 2.23. The zero-order chi connectivity index (χ0) is 11.1. The van der Waals surface area contributed by atoms with Crippen LogP contribution in [0.2, 0.25) is 0 Å². The summed E-state index contributed by atoms with van der Waals surface area (Å²) >= 11 is 0. The molecule has 0 aliphatic rings. The maximum absolute atomic E-state index is 12.7. The molecule has 76 valence electrons. The summed E-state index contributed by atoms with van der Waals surface area (Å²) in [6, 6.07) is 2.57. The summed E-state index contributed by atoms with van der Waals surface area (Å²) < 4.78 is 12.7. The highest BCUT2D eigenvalue weighted by molar-refractivity contribution is 5.51. The van der Waals surface area contributed by atoms with Gasteiger partial charge in [0, 0.05) is 17.9 Å². The van der Waals surface area contributed by atoms with E-state index in [4.69, 9.17) is 11.3 Å². The van der Waals surface area contributed by atoms with Crippen LogP contribution >= 0.6 is 0 Å². The molecule has 1 rings (SSSR count). The Kier molecular flexibility index (Phi) is 3.95. The van der Waals surface area contributed by atoms with Gasteiger partial charge in [-0.3, -0.25) is 0 Å². The van der Waals surface area contributed by atoms with Crippen LogP contribution in [0.1, 0.15) is 12.1 Å². The van der Waals surface area contributed by atoms with Gasteiger partial charge in [-0.1, -0.05) is 11.0 Å². The maximum Gasteiger partial charge on any atom is 0.214 e. The lowest BCUT2D eigenvalue weighted by molar-refractivity contribution is 0.583. The fourth-order valence-corrected chi connectivity index (χ4v) is 0.843. The van der Waals surface area contributed by atoms with Crippen molar-refractivity contribution in [2.75, 3.05) is 12.3 Å². The van der Waals surface area contributed by atoms with Gasteiger partial charge in [-0.2, -0.15) is 4.39 Å². The number of azide groups is 1. The van der Waals surface area contributed by atoms with Gasteiger partial charge in [-0.15, -0.1) is 0 Å². The first kappa shape index (κ1) is 10.8. The molecule has 0 radical (unpaired) electrons. The summed E-state index contributed by atoms with van der Waals surface area (Å²) in [5.74, 6) is 4.66. The molecule has 0 spiro atoms. The Labute approximate surface area is 85.7 Å². The molecule has 6 heteroatoms. The van der Waals surface area contributed by atoms with E-state index in [1.165, 1.54) is 12.1 Å². The molecule has 1 aromatic rings. The second-order valence-corrected chi connectivity index (χ2v) is 2.58. The highest BCUT2D eigenvalue weighted by Gasteiger charge is 1.98. The standard InChI is InChI=1S/C9H8FN5/c10-9-5-4-7(11)8(14-9)3-1-2-6-13-15-12/h4-5H,2,6,11H2. The van der Waals surface area contributed by atoms with E-state index in [-0.39, 0.29) is 12.2 Å². The first-order chi connectivity index (χ1) is 7.24. The number of hydrogen-bond donors (Lipinski definition) is 1. The average molecular weight is 205 g/mol. The second kappa shape index (κ2) is 5.47. The van der Waals surface area contributed by atoms with Crippen molar-refractivity contribution < 1.29 is 4.39 Å². The number of aromatic nitrogens is 1. The van der Waals surface area contributed by atoms with Gasteiger partial charge in [0.25, 0.3) is 0 Å². The third kappa shape index (κ3) is 3.55. The number of anilines is 1. The molecule has 2 N–H and O–H groups in total. The minimum atomic E-state index is -0.622. The van der Waals surface area contributed by atoms with Crippen molar-refractivity contribution in [2.24, 2.45) is 5.11 Å². The molecule has 0 aliphatic carbocycles. The number of nitrogen functional groups attached to an aromatic ring is 1. The third-order valence-electron chi connectivity index (χ3n) is 1.50. The van der Waals surface area contributed by atoms with Gasteiger partial charge in [0.05, 0.1) is 5.69 Å². The fourth-order valence-electron chi connectivity index (χ4n) is 0.843. The van der Waals surface area contributed by atoms with E-state index < -0.39 is 5.95 Å². The van der Waals surface area contributed by atoms with Crippen molar-refractivity contribution in [1.29, 1.82) is 0 Å². The van der Waals surface area contributed by atoms with E-state index in [9.17, 15) is 4.39 Å². The van der Waals surface area contributed by atoms with Crippen LogP contribution in [0, 0.1) is 17.8 Å². The van der Waals surface area contributed by atoms with E-state index in [1.807, 2.05) is 0 Å². The van der Waals surface area contributed by atoms with Crippen molar-refractivity contribution in [3.8, 4) is 11.8 Å². The summed E-state index contributed by atoms with van der Waals surface area (Å²) in [7, 11) is 0. The predicted molar refractivity (Wildman–Crippen MR) is 54.1 cm³/mol. The van der Waals surface area contributed by atoms with E-state index in [2.05, 4.69) is 26.9 Å². The van der Waals surface area contributed by atoms with Crippen LogP contribution in [0.25, 0.3) is 10.4 Å². The monoisotopic (exact) mass is 205 g/mol. The number of rotatable bonds is 2. The highest BCUT2D eigenvalue weighted by Crippen LogP contribution is 2.07. The molecule has 0 saturated carbocycles. The number of pyridine rings is 1. The highest BCUT2D eigenvalue weighted by atomic mass is 19.1. The van der Waals surface area contributed by atoms with Gasteiger partial charge in [-0.25, -0.2) is 4.98 Å². The molecule has 0 fully saturated rings. The van der Waals surface area contributed by atoms with E-state index in [1.54, 1.807) is 0 Å². The normalized spacial score (nSPS) is 8.60.